The van der Waals surface area contributed by atoms with Gasteiger partial charge in [-0.05, 0) is 56.2 Å². The van der Waals surface area contributed by atoms with Crippen molar-refractivity contribution in [1.29, 1.82) is 0 Å². The van der Waals surface area contributed by atoms with Crippen LogP contribution in [0.3, 0.4) is 0 Å². The van der Waals surface area contributed by atoms with Crippen LogP contribution in [0.15, 0.2) is 11.6 Å². The highest BCUT2D eigenvalue weighted by Crippen LogP contribution is 2.59. The Morgan fingerprint density at radius 3 is 2.56 bits per heavy atom. The average molecular weight is 238 g/mol. The summed E-state index contributed by atoms with van der Waals surface area (Å²) >= 11 is 0. The Kier molecular flexibility index (Phi) is 3.08. The molecule has 2 heteroatoms. The zero-order valence-corrected chi connectivity index (χ0v) is 12.5. The first-order valence-corrected chi connectivity index (χ1v) is 10.0. The lowest BCUT2D eigenvalue weighted by Crippen LogP contribution is -2.48. The third-order valence-corrected chi connectivity index (χ3v) is 5.58. The van der Waals surface area contributed by atoms with Crippen molar-refractivity contribution in [2.24, 2.45) is 17.3 Å². The number of rotatable bonds is 4. The van der Waals surface area contributed by atoms with Gasteiger partial charge in [-0.15, -0.1) is 0 Å². The van der Waals surface area contributed by atoms with E-state index in [0.29, 0.717) is 5.41 Å². The summed E-state index contributed by atoms with van der Waals surface area (Å²) in [7, 11) is -1.31. The highest BCUT2D eigenvalue weighted by Gasteiger charge is 2.50. The van der Waals surface area contributed by atoms with Gasteiger partial charge in [0.25, 0.3) is 0 Å². The normalized spacial score (nSPS) is 31.9. The topological polar surface area (TPSA) is 9.23 Å². The fourth-order valence-corrected chi connectivity index (χ4v) is 3.95. The standard InChI is InChI=1S/C14H26OSi/c1-14(2)12-7-6-11(13(14)10-12)8-9-15-16(3,4)5/h6,12-13H,7-10H2,1-5H3/t12-,13-/m1/s1. The van der Waals surface area contributed by atoms with Crippen LogP contribution in [0.1, 0.15) is 33.1 Å². The smallest absolute Gasteiger partial charge is 0.183 e. The second kappa shape index (κ2) is 3.99. The van der Waals surface area contributed by atoms with Gasteiger partial charge >= 0.3 is 0 Å². The van der Waals surface area contributed by atoms with Gasteiger partial charge in [-0.2, -0.15) is 0 Å². The molecule has 1 nitrogen and oxygen atoms in total. The van der Waals surface area contributed by atoms with E-state index in [1.165, 1.54) is 19.3 Å². The van der Waals surface area contributed by atoms with Crippen molar-refractivity contribution in [3.63, 3.8) is 0 Å². The number of hydrogen-bond donors (Lipinski definition) is 0. The second-order valence-electron chi connectivity index (χ2n) is 7.03. The lowest BCUT2D eigenvalue weighted by Gasteiger charge is -2.56. The molecule has 2 bridgehead atoms. The summed E-state index contributed by atoms with van der Waals surface area (Å²) in [6, 6.07) is 0. The van der Waals surface area contributed by atoms with E-state index in [4.69, 9.17) is 4.43 Å². The van der Waals surface area contributed by atoms with E-state index in [-0.39, 0.29) is 0 Å². The van der Waals surface area contributed by atoms with Crippen LogP contribution < -0.4 is 0 Å². The van der Waals surface area contributed by atoms with Gasteiger partial charge in [-0.25, -0.2) is 0 Å². The maximum Gasteiger partial charge on any atom is 0.183 e. The molecule has 1 saturated carbocycles. The predicted molar refractivity (Wildman–Crippen MR) is 72.0 cm³/mol. The summed E-state index contributed by atoms with van der Waals surface area (Å²) in [5.74, 6) is 1.82. The fraction of sp³-hybridized carbons (Fsp3) is 0.857. The zero-order valence-electron chi connectivity index (χ0n) is 11.5. The minimum atomic E-state index is -1.31. The van der Waals surface area contributed by atoms with E-state index in [0.717, 1.165) is 18.4 Å². The van der Waals surface area contributed by atoms with E-state index in [9.17, 15) is 0 Å². The van der Waals surface area contributed by atoms with Gasteiger partial charge in [0.05, 0.1) is 0 Å². The van der Waals surface area contributed by atoms with Gasteiger partial charge in [0.2, 0.25) is 0 Å². The SMILES string of the molecule is CC1(C)[C@@H]2CC=C(CCO[Si](C)(C)C)[C@H]1C2. The van der Waals surface area contributed by atoms with E-state index in [1.54, 1.807) is 5.57 Å². The maximum atomic E-state index is 5.96. The molecule has 2 atom stereocenters. The zero-order chi connectivity index (χ0) is 12.0. The molecule has 0 N–H and O–H groups in total. The lowest BCUT2D eigenvalue weighted by atomic mass is 9.48. The molecule has 0 spiro atoms. The molecule has 0 aromatic rings. The number of hydrogen-bond acceptors (Lipinski definition) is 1. The van der Waals surface area contributed by atoms with Crippen LogP contribution in [-0.4, -0.2) is 14.9 Å². The minimum absolute atomic E-state index is 0.573. The Balaban J connectivity index is 1.85. The third-order valence-electron chi connectivity index (χ3n) is 4.51. The van der Waals surface area contributed by atoms with Crippen molar-refractivity contribution < 1.29 is 4.43 Å². The molecule has 0 radical (unpaired) electrons. The van der Waals surface area contributed by atoms with Crippen molar-refractivity contribution in [3.8, 4) is 0 Å². The Bertz CT molecular complexity index is 298. The van der Waals surface area contributed by atoms with Crippen molar-refractivity contribution in [1.82, 2.24) is 0 Å². The monoisotopic (exact) mass is 238 g/mol. The van der Waals surface area contributed by atoms with Crippen molar-refractivity contribution in [2.45, 2.75) is 52.8 Å². The molecular weight excluding hydrogens is 212 g/mol. The Hall–Kier alpha value is -0.0831. The van der Waals surface area contributed by atoms with Gasteiger partial charge in [0.1, 0.15) is 0 Å². The molecule has 0 unspecified atom stereocenters. The lowest BCUT2D eigenvalue weighted by molar-refractivity contribution is -0.00924. The van der Waals surface area contributed by atoms with Crippen molar-refractivity contribution in [3.05, 3.63) is 11.6 Å². The quantitative estimate of drug-likeness (QED) is 0.526. The maximum absolute atomic E-state index is 5.96. The molecule has 0 amide bonds. The van der Waals surface area contributed by atoms with Gasteiger partial charge in [-0.1, -0.05) is 25.5 Å². The highest BCUT2D eigenvalue weighted by atomic mass is 28.4. The van der Waals surface area contributed by atoms with Crippen LogP contribution in [0.4, 0.5) is 0 Å². The van der Waals surface area contributed by atoms with Crippen LogP contribution in [0, 0.1) is 17.3 Å². The van der Waals surface area contributed by atoms with Gasteiger partial charge in [-0.3, -0.25) is 0 Å². The van der Waals surface area contributed by atoms with Crippen LogP contribution in [0.2, 0.25) is 19.6 Å². The van der Waals surface area contributed by atoms with Crippen molar-refractivity contribution >= 4 is 8.32 Å². The van der Waals surface area contributed by atoms with E-state index in [1.807, 2.05) is 0 Å². The fourth-order valence-electron chi connectivity index (χ4n) is 3.23. The Labute approximate surface area is 101 Å². The molecule has 16 heavy (non-hydrogen) atoms. The average Bonchev–Trinajstić information content (AvgIpc) is 2.15. The summed E-state index contributed by atoms with van der Waals surface area (Å²) in [6.45, 7) is 12.6. The van der Waals surface area contributed by atoms with Crippen LogP contribution >= 0.6 is 0 Å². The molecule has 3 rings (SSSR count). The van der Waals surface area contributed by atoms with Crippen molar-refractivity contribution in [2.75, 3.05) is 6.61 Å². The van der Waals surface area contributed by atoms with Crippen LogP contribution in [-0.2, 0) is 4.43 Å². The first kappa shape index (κ1) is 12.4. The summed E-state index contributed by atoms with van der Waals surface area (Å²) in [5.41, 5.74) is 2.26. The predicted octanol–water partition coefficient (Wildman–Crippen LogP) is 4.22. The first-order valence-electron chi connectivity index (χ1n) is 6.63. The third kappa shape index (κ3) is 2.28. The van der Waals surface area contributed by atoms with Gasteiger partial charge in [0, 0.05) is 6.61 Å². The molecular formula is C14H26OSi. The van der Waals surface area contributed by atoms with E-state index < -0.39 is 8.32 Å². The Morgan fingerprint density at radius 1 is 1.38 bits per heavy atom. The Morgan fingerprint density at radius 2 is 2.06 bits per heavy atom. The minimum Gasteiger partial charge on any atom is -0.417 e. The molecule has 92 valence electrons. The first-order chi connectivity index (χ1) is 7.31. The summed E-state index contributed by atoms with van der Waals surface area (Å²) in [6.07, 6.45) is 6.42. The van der Waals surface area contributed by atoms with Crippen LogP contribution in [0.5, 0.6) is 0 Å². The molecule has 3 aliphatic carbocycles. The molecule has 0 aliphatic heterocycles. The number of fused-ring (bicyclic) bond motifs is 1. The molecule has 0 heterocycles. The largest absolute Gasteiger partial charge is 0.417 e. The van der Waals surface area contributed by atoms with Gasteiger partial charge < -0.3 is 4.43 Å². The van der Waals surface area contributed by atoms with Gasteiger partial charge in [0.15, 0.2) is 8.32 Å². The van der Waals surface area contributed by atoms with E-state index in [2.05, 4.69) is 39.6 Å². The molecule has 0 aromatic carbocycles. The highest BCUT2D eigenvalue weighted by molar-refractivity contribution is 6.69. The molecule has 3 aliphatic rings. The molecule has 0 aromatic heterocycles. The van der Waals surface area contributed by atoms with Crippen LogP contribution in [0.25, 0.3) is 0 Å². The second-order valence-corrected chi connectivity index (χ2v) is 11.5. The molecule has 0 saturated heterocycles. The number of allylic oxidation sites excluding steroid dienone is 1. The molecule has 1 fully saturated rings. The summed E-state index contributed by atoms with van der Waals surface area (Å²) < 4.78 is 5.96. The summed E-state index contributed by atoms with van der Waals surface area (Å²) in [5, 5.41) is 0. The summed E-state index contributed by atoms with van der Waals surface area (Å²) in [4.78, 5) is 0. The van der Waals surface area contributed by atoms with E-state index >= 15 is 0 Å².